The summed E-state index contributed by atoms with van der Waals surface area (Å²) in [6, 6.07) is 12.0. The van der Waals surface area contributed by atoms with Crippen molar-refractivity contribution >= 4 is 5.91 Å². The van der Waals surface area contributed by atoms with Crippen LogP contribution >= 0.6 is 0 Å². The van der Waals surface area contributed by atoms with Gasteiger partial charge in [0.05, 0.1) is 0 Å². The molecule has 3 N–H and O–H groups in total. The lowest BCUT2D eigenvalue weighted by Gasteiger charge is -2.12. The van der Waals surface area contributed by atoms with E-state index in [1.54, 1.807) is 0 Å². The lowest BCUT2D eigenvalue weighted by molar-refractivity contribution is 0.0949. The summed E-state index contributed by atoms with van der Waals surface area (Å²) in [5.41, 5.74) is 11.8. The monoisotopic (exact) mass is 282 g/mol. The van der Waals surface area contributed by atoms with Crippen molar-refractivity contribution in [1.82, 2.24) is 5.32 Å². The summed E-state index contributed by atoms with van der Waals surface area (Å²) in [5, 5.41) is 2.99. The average molecular weight is 282 g/mol. The van der Waals surface area contributed by atoms with Crippen molar-refractivity contribution < 1.29 is 4.79 Å². The van der Waals surface area contributed by atoms with E-state index in [0.29, 0.717) is 13.1 Å². The van der Waals surface area contributed by atoms with E-state index >= 15 is 0 Å². The summed E-state index contributed by atoms with van der Waals surface area (Å²) in [6.07, 6.45) is 0. The highest BCUT2D eigenvalue weighted by Gasteiger charge is 2.12. The van der Waals surface area contributed by atoms with Gasteiger partial charge in [0.15, 0.2) is 0 Å². The van der Waals surface area contributed by atoms with E-state index < -0.39 is 0 Å². The first-order valence-electron chi connectivity index (χ1n) is 7.15. The highest BCUT2D eigenvalue weighted by Crippen LogP contribution is 2.16. The molecule has 2 rings (SSSR count). The van der Waals surface area contributed by atoms with Gasteiger partial charge in [-0.1, -0.05) is 42.0 Å². The molecule has 3 nitrogen and oxygen atoms in total. The Hall–Kier alpha value is -2.13. The summed E-state index contributed by atoms with van der Waals surface area (Å²) in [6.45, 7) is 7.02. The molecule has 0 spiro atoms. The third kappa shape index (κ3) is 3.70. The molecule has 0 saturated heterocycles. The van der Waals surface area contributed by atoms with Crippen molar-refractivity contribution in [2.75, 3.05) is 0 Å². The minimum atomic E-state index is -0.0249. The lowest BCUT2D eigenvalue weighted by Crippen LogP contribution is -2.24. The van der Waals surface area contributed by atoms with Crippen LogP contribution in [-0.2, 0) is 13.1 Å². The predicted octanol–water partition coefficient (Wildman–Crippen LogP) is 3.00. The first kappa shape index (κ1) is 15.3. The van der Waals surface area contributed by atoms with Crippen LogP contribution in [0.25, 0.3) is 0 Å². The number of benzene rings is 2. The van der Waals surface area contributed by atoms with E-state index in [-0.39, 0.29) is 5.91 Å². The number of hydrogen-bond donors (Lipinski definition) is 2. The standard InChI is InChI=1S/C18H22N2O/c1-12-7-13(2)17(14(3)8-12)18(21)20-11-16-6-4-5-15(9-16)10-19/h4-9H,10-11,19H2,1-3H3,(H,20,21). The zero-order chi connectivity index (χ0) is 15.4. The molecule has 0 unspecified atom stereocenters. The van der Waals surface area contributed by atoms with Crippen molar-refractivity contribution in [2.45, 2.75) is 33.9 Å². The zero-order valence-electron chi connectivity index (χ0n) is 12.9. The minimum Gasteiger partial charge on any atom is -0.348 e. The van der Waals surface area contributed by atoms with E-state index in [4.69, 9.17) is 5.73 Å². The molecule has 0 fully saturated rings. The molecule has 2 aromatic rings. The summed E-state index contributed by atoms with van der Waals surface area (Å²) >= 11 is 0. The second-order valence-corrected chi connectivity index (χ2v) is 5.48. The second-order valence-electron chi connectivity index (χ2n) is 5.48. The van der Waals surface area contributed by atoms with Gasteiger partial charge in [-0.3, -0.25) is 4.79 Å². The molecule has 0 aliphatic rings. The Balaban J connectivity index is 2.12. The smallest absolute Gasteiger partial charge is 0.252 e. The molecule has 3 heteroatoms. The van der Waals surface area contributed by atoms with Gasteiger partial charge in [-0.2, -0.15) is 0 Å². The van der Waals surface area contributed by atoms with Gasteiger partial charge < -0.3 is 11.1 Å². The molecule has 0 aliphatic heterocycles. The molecule has 0 aromatic heterocycles. The minimum absolute atomic E-state index is 0.0249. The maximum atomic E-state index is 12.4. The fraction of sp³-hybridized carbons (Fsp3) is 0.278. The van der Waals surface area contributed by atoms with Crippen molar-refractivity contribution in [3.63, 3.8) is 0 Å². The maximum absolute atomic E-state index is 12.4. The molecule has 0 saturated carbocycles. The van der Waals surface area contributed by atoms with Gasteiger partial charge in [-0.05, 0) is 43.0 Å². The van der Waals surface area contributed by atoms with Crippen molar-refractivity contribution in [2.24, 2.45) is 5.73 Å². The van der Waals surface area contributed by atoms with Crippen LogP contribution < -0.4 is 11.1 Å². The van der Waals surface area contributed by atoms with E-state index in [9.17, 15) is 4.79 Å². The van der Waals surface area contributed by atoms with Crippen LogP contribution in [0.5, 0.6) is 0 Å². The zero-order valence-corrected chi connectivity index (χ0v) is 12.9. The van der Waals surface area contributed by atoms with E-state index in [2.05, 4.69) is 5.32 Å². The third-order valence-electron chi connectivity index (χ3n) is 3.58. The Kier molecular flexibility index (Phi) is 4.76. The molecule has 0 aliphatic carbocycles. The average Bonchev–Trinajstić information content (AvgIpc) is 2.44. The summed E-state index contributed by atoms with van der Waals surface area (Å²) in [5.74, 6) is -0.0249. The topological polar surface area (TPSA) is 55.1 Å². The molecule has 110 valence electrons. The third-order valence-corrected chi connectivity index (χ3v) is 3.58. The highest BCUT2D eigenvalue weighted by molar-refractivity contribution is 5.97. The number of carbonyl (C=O) groups is 1. The molecular weight excluding hydrogens is 260 g/mol. The Morgan fingerprint density at radius 2 is 1.67 bits per heavy atom. The van der Waals surface area contributed by atoms with Gasteiger partial charge in [0.1, 0.15) is 0 Å². The quantitative estimate of drug-likeness (QED) is 0.905. The lowest BCUT2D eigenvalue weighted by atomic mass is 9.99. The number of hydrogen-bond acceptors (Lipinski definition) is 2. The number of nitrogens with two attached hydrogens (primary N) is 1. The van der Waals surface area contributed by atoms with Crippen LogP contribution in [0.1, 0.15) is 38.2 Å². The van der Waals surface area contributed by atoms with Crippen molar-refractivity contribution in [3.05, 3.63) is 69.8 Å². The maximum Gasteiger partial charge on any atom is 0.252 e. The van der Waals surface area contributed by atoms with Crippen molar-refractivity contribution in [3.8, 4) is 0 Å². The van der Waals surface area contributed by atoms with Gasteiger partial charge in [-0.15, -0.1) is 0 Å². The van der Waals surface area contributed by atoms with Crippen LogP contribution in [0.3, 0.4) is 0 Å². The van der Waals surface area contributed by atoms with Crippen LogP contribution in [0.2, 0.25) is 0 Å². The Labute approximate surface area is 126 Å². The molecule has 0 heterocycles. The SMILES string of the molecule is Cc1cc(C)c(C(=O)NCc2cccc(CN)c2)c(C)c1. The normalized spacial score (nSPS) is 10.5. The summed E-state index contributed by atoms with van der Waals surface area (Å²) < 4.78 is 0. The van der Waals surface area contributed by atoms with Crippen LogP contribution in [0.4, 0.5) is 0 Å². The molecule has 1 amide bonds. The van der Waals surface area contributed by atoms with Crippen LogP contribution in [-0.4, -0.2) is 5.91 Å². The Bertz CT molecular complexity index is 639. The van der Waals surface area contributed by atoms with E-state index in [1.165, 1.54) is 5.56 Å². The van der Waals surface area contributed by atoms with Gasteiger partial charge in [0.2, 0.25) is 0 Å². The fourth-order valence-electron chi connectivity index (χ4n) is 2.68. The van der Waals surface area contributed by atoms with E-state index in [0.717, 1.165) is 27.8 Å². The number of amides is 1. The molecule has 0 bridgehead atoms. The molecule has 21 heavy (non-hydrogen) atoms. The molecule has 2 aromatic carbocycles. The number of nitrogens with one attached hydrogen (secondary N) is 1. The Morgan fingerprint density at radius 1 is 1.05 bits per heavy atom. The number of aryl methyl sites for hydroxylation is 3. The van der Waals surface area contributed by atoms with Gasteiger partial charge in [-0.25, -0.2) is 0 Å². The summed E-state index contributed by atoms with van der Waals surface area (Å²) in [7, 11) is 0. The summed E-state index contributed by atoms with van der Waals surface area (Å²) in [4.78, 5) is 12.4. The number of rotatable bonds is 4. The first-order valence-corrected chi connectivity index (χ1v) is 7.15. The van der Waals surface area contributed by atoms with Crippen LogP contribution in [0.15, 0.2) is 36.4 Å². The van der Waals surface area contributed by atoms with Gasteiger partial charge >= 0.3 is 0 Å². The predicted molar refractivity (Wildman–Crippen MR) is 86.2 cm³/mol. The molecule has 0 atom stereocenters. The highest BCUT2D eigenvalue weighted by atomic mass is 16.1. The number of carbonyl (C=O) groups excluding carboxylic acids is 1. The van der Waals surface area contributed by atoms with Gasteiger partial charge in [0, 0.05) is 18.7 Å². The van der Waals surface area contributed by atoms with Gasteiger partial charge in [0.25, 0.3) is 5.91 Å². The fourth-order valence-corrected chi connectivity index (χ4v) is 2.68. The molecule has 0 radical (unpaired) electrons. The van der Waals surface area contributed by atoms with Crippen molar-refractivity contribution in [1.29, 1.82) is 0 Å². The largest absolute Gasteiger partial charge is 0.348 e. The second kappa shape index (κ2) is 6.55. The molecular formula is C18H22N2O. The Morgan fingerprint density at radius 3 is 2.29 bits per heavy atom. The van der Waals surface area contributed by atoms with E-state index in [1.807, 2.05) is 57.2 Å². The first-order chi connectivity index (χ1) is 10.0. The van der Waals surface area contributed by atoms with Crippen LogP contribution in [0, 0.1) is 20.8 Å².